The molecule has 0 N–H and O–H groups in total. The molecule has 1 atom stereocenters. The first-order valence-electron chi connectivity index (χ1n) is 6.24. The van der Waals surface area contributed by atoms with Gasteiger partial charge in [0.05, 0.1) is 0 Å². The Bertz CT molecular complexity index is 390. The molecule has 0 saturated carbocycles. The Labute approximate surface area is 121 Å². The van der Waals surface area contributed by atoms with Crippen molar-refractivity contribution in [1.29, 1.82) is 0 Å². The van der Waals surface area contributed by atoms with E-state index in [1.807, 2.05) is 0 Å². The van der Waals surface area contributed by atoms with Crippen molar-refractivity contribution in [3.05, 3.63) is 28.2 Å². The molecule has 0 bridgehead atoms. The summed E-state index contributed by atoms with van der Waals surface area (Å²) in [6.07, 6.45) is 2.65. The molecule has 0 spiro atoms. The fourth-order valence-corrected chi connectivity index (χ4v) is 4.00. The number of nitrogens with zero attached hydrogens (tertiary/aromatic N) is 1. The van der Waals surface area contributed by atoms with Crippen LogP contribution in [0.5, 0.6) is 0 Å². The summed E-state index contributed by atoms with van der Waals surface area (Å²) in [5, 5.41) is 0.904. The van der Waals surface area contributed by atoms with Crippen LogP contribution in [0.2, 0.25) is 0 Å². The van der Waals surface area contributed by atoms with E-state index >= 15 is 0 Å². The minimum absolute atomic E-state index is 0.705. The maximum absolute atomic E-state index is 3.65. The number of rotatable bonds is 3. The highest BCUT2D eigenvalue weighted by Gasteiger charge is 2.27. The summed E-state index contributed by atoms with van der Waals surface area (Å²) < 4.78 is 1.21. The van der Waals surface area contributed by atoms with E-state index in [0.29, 0.717) is 6.04 Å². The molecule has 0 aliphatic carbocycles. The van der Waals surface area contributed by atoms with Crippen molar-refractivity contribution in [2.45, 2.75) is 38.1 Å². The second-order valence-electron chi connectivity index (χ2n) is 5.06. The number of benzene rings is 1. The van der Waals surface area contributed by atoms with Crippen molar-refractivity contribution in [3.63, 3.8) is 0 Å². The highest BCUT2D eigenvalue weighted by molar-refractivity contribution is 9.10. The van der Waals surface area contributed by atoms with Crippen LogP contribution in [0.25, 0.3) is 0 Å². The van der Waals surface area contributed by atoms with E-state index in [1.165, 1.54) is 35.1 Å². The maximum Gasteiger partial charge on any atom is 0.0380 e. The molecule has 1 aromatic carbocycles. The average Bonchev–Trinajstić information content (AvgIpc) is 2.77. The van der Waals surface area contributed by atoms with Gasteiger partial charge in [-0.25, -0.2) is 0 Å². The molecule has 2 rings (SSSR count). The lowest BCUT2D eigenvalue weighted by Gasteiger charge is -2.30. The first kappa shape index (κ1) is 13.4. The molecule has 3 heteroatoms. The van der Waals surface area contributed by atoms with Crippen LogP contribution in [0.3, 0.4) is 0 Å². The van der Waals surface area contributed by atoms with Crippen LogP contribution in [0.4, 0.5) is 5.69 Å². The van der Waals surface area contributed by atoms with E-state index in [9.17, 15) is 0 Å². The molecule has 1 saturated heterocycles. The molecular formula is C14H19Br2N. The lowest BCUT2D eigenvalue weighted by atomic mass is 10.0. The maximum atomic E-state index is 3.65. The highest BCUT2D eigenvalue weighted by atomic mass is 79.9. The summed E-state index contributed by atoms with van der Waals surface area (Å²) in [4.78, 5) is 2.56. The normalized spacial score (nSPS) is 20.3. The van der Waals surface area contributed by atoms with Gasteiger partial charge < -0.3 is 4.90 Å². The van der Waals surface area contributed by atoms with E-state index in [2.05, 4.69) is 68.8 Å². The largest absolute Gasteiger partial charge is 0.368 e. The molecule has 1 heterocycles. The van der Waals surface area contributed by atoms with Crippen LogP contribution >= 0.6 is 31.9 Å². The van der Waals surface area contributed by atoms with E-state index in [-0.39, 0.29) is 0 Å². The summed E-state index contributed by atoms with van der Waals surface area (Å²) in [5.74, 6) is 0.729. The molecule has 1 fully saturated rings. The van der Waals surface area contributed by atoms with Gasteiger partial charge >= 0.3 is 0 Å². The second-order valence-corrected chi connectivity index (χ2v) is 6.47. The Morgan fingerprint density at radius 1 is 1.41 bits per heavy atom. The third kappa shape index (κ3) is 2.87. The summed E-state index contributed by atoms with van der Waals surface area (Å²) in [7, 11) is 0. The number of hydrogen-bond donors (Lipinski definition) is 0. The van der Waals surface area contributed by atoms with Gasteiger partial charge in [0.15, 0.2) is 0 Å². The second kappa shape index (κ2) is 5.75. The van der Waals surface area contributed by atoms with Gasteiger partial charge in [0, 0.05) is 28.1 Å². The van der Waals surface area contributed by atoms with Crippen LogP contribution < -0.4 is 4.90 Å². The SMILES string of the molecule is CC(C)C1CCCN1c1ccc(CBr)c(Br)c1. The predicted octanol–water partition coefficient (Wildman–Crippen LogP) is 4.97. The number of halogens is 2. The van der Waals surface area contributed by atoms with Gasteiger partial charge in [0.25, 0.3) is 0 Å². The summed E-state index contributed by atoms with van der Waals surface area (Å²) in [5.41, 5.74) is 2.67. The monoisotopic (exact) mass is 359 g/mol. The first-order chi connectivity index (χ1) is 8.13. The van der Waals surface area contributed by atoms with E-state index < -0.39 is 0 Å². The topological polar surface area (TPSA) is 3.24 Å². The lowest BCUT2D eigenvalue weighted by Crippen LogP contribution is -2.33. The van der Waals surface area contributed by atoms with Gasteiger partial charge in [-0.15, -0.1) is 0 Å². The first-order valence-corrected chi connectivity index (χ1v) is 8.16. The van der Waals surface area contributed by atoms with Crippen LogP contribution in [0.1, 0.15) is 32.3 Å². The van der Waals surface area contributed by atoms with Crippen LogP contribution in [-0.2, 0) is 5.33 Å². The predicted molar refractivity (Wildman–Crippen MR) is 82.0 cm³/mol. The van der Waals surface area contributed by atoms with Gasteiger partial charge in [-0.2, -0.15) is 0 Å². The summed E-state index contributed by atoms with van der Waals surface area (Å²) in [6, 6.07) is 7.43. The molecule has 17 heavy (non-hydrogen) atoms. The zero-order valence-electron chi connectivity index (χ0n) is 10.4. The van der Waals surface area contributed by atoms with E-state index in [1.54, 1.807) is 0 Å². The molecule has 94 valence electrons. The van der Waals surface area contributed by atoms with Gasteiger partial charge in [0.1, 0.15) is 0 Å². The molecular weight excluding hydrogens is 342 g/mol. The molecule has 1 aliphatic heterocycles. The quantitative estimate of drug-likeness (QED) is 0.688. The van der Waals surface area contributed by atoms with Crippen LogP contribution in [0.15, 0.2) is 22.7 Å². The highest BCUT2D eigenvalue weighted by Crippen LogP contribution is 2.32. The zero-order valence-corrected chi connectivity index (χ0v) is 13.6. The van der Waals surface area contributed by atoms with Crippen molar-refractivity contribution < 1.29 is 0 Å². The van der Waals surface area contributed by atoms with Crippen molar-refractivity contribution >= 4 is 37.5 Å². The molecule has 1 unspecified atom stereocenters. The van der Waals surface area contributed by atoms with E-state index in [4.69, 9.17) is 0 Å². The molecule has 0 aromatic heterocycles. The Morgan fingerprint density at radius 2 is 2.18 bits per heavy atom. The van der Waals surface area contributed by atoms with Crippen LogP contribution in [-0.4, -0.2) is 12.6 Å². The van der Waals surface area contributed by atoms with Gasteiger partial charge in [-0.3, -0.25) is 0 Å². The van der Waals surface area contributed by atoms with Crippen LogP contribution in [0, 0.1) is 5.92 Å². The minimum Gasteiger partial charge on any atom is -0.368 e. The van der Waals surface area contributed by atoms with Crippen molar-refractivity contribution in [1.82, 2.24) is 0 Å². The van der Waals surface area contributed by atoms with Crippen molar-refractivity contribution in [2.24, 2.45) is 5.92 Å². The van der Waals surface area contributed by atoms with Gasteiger partial charge in [-0.05, 0) is 36.5 Å². The number of hydrogen-bond acceptors (Lipinski definition) is 1. The Kier molecular flexibility index (Phi) is 4.53. The van der Waals surface area contributed by atoms with Gasteiger partial charge in [-0.1, -0.05) is 51.8 Å². The van der Waals surface area contributed by atoms with Crippen molar-refractivity contribution in [2.75, 3.05) is 11.4 Å². The molecule has 1 aromatic rings. The Hall–Kier alpha value is -0.0200. The average molecular weight is 361 g/mol. The lowest BCUT2D eigenvalue weighted by molar-refractivity contribution is 0.492. The number of alkyl halides is 1. The summed E-state index contributed by atoms with van der Waals surface area (Å²) in [6.45, 7) is 5.85. The number of anilines is 1. The molecule has 1 aliphatic rings. The zero-order chi connectivity index (χ0) is 12.4. The third-order valence-electron chi connectivity index (χ3n) is 3.58. The third-order valence-corrected chi connectivity index (χ3v) is 4.92. The Morgan fingerprint density at radius 3 is 2.76 bits per heavy atom. The van der Waals surface area contributed by atoms with Gasteiger partial charge in [0.2, 0.25) is 0 Å². The molecule has 0 radical (unpaired) electrons. The van der Waals surface area contributed by atoms with E-state index in [0.717, 1.165) is 11.2 Å². The molecule has 0 amide bonds. The van der Waals surface area contributed by atoms with Crippen molar-refractivity contribution in [3.8, 4) is 0 Å². The minimum atomic E-state index is 0.705. The fourth-order valence-electron chi connectivity index (χ4n) is 2.63. The Balaban J connectivity index is 2.24. The molecule has 1 nitrogen and oxygen atoms in total. The summed E-state index contributed by atoms with van der Waals surface area (Å²) >= 11 is 7.16. The standard InChI is InChI=1S/C14H19Br2N/c1-10(2)14-4-3-7-17(14)12-6-5-11(9-15)13(16)8-12/h5-6,8,10,14H,3-4,7,9H2,1-2H3. The smallest absolute Gasteiger partial charge is 0.0380 e. The fraction of sp³-hybridized carbons (Fsp3) is 0.571.